The number of carbonyl (C=O) groups is 2. The molecule has 2 N–H and O–H groups in total. The molecule has 0 aromatic carbocycles. The molecular formula is C18H26N2O5S2. The molecule has 1 fully saturated rings. The molecule has 150 valence electrons. The zero-order valence-corrected chi connectivity index (χ0v) is 17.1. The molecule has 0 spiro atoms. The minimum absolute atomic E-state index is 0.0544. The van der Waals surface area contributed by atoms with E-state index in [1.165, 1.54) is 11.3 Å². The Morgan fingerprint density at radius 3 is 2.74 bits per heavy atom. The van der Waals surface area contributed by atoms with E-state index < -0.39 is 15.8 Å². The summed E-state index contributed by atoms with van der Waals surface area (Å²) in [5.74, 6) is -1.07. The largest absolute Gasteiger partial charge is 0.385 e. The van der Waals surface area contributed by atoms with Crippen LogP contribution < -0.4 is 10.6 Å². The predicted molar refractivity (Wildman–Crippen MR) is 105 cm³/mol. The lowest BCUT2D eigenvalue weighted by atomic mass is 9.95. The third-order valence-corrected chi connectivity index (χ3v) is 8.02. The molecule has 27 heavy (non-hydrogen) atoms. The molecule has 1 aromatic rings. The van der Waals surface area contributed by atoms with Crippen LogP contribution in [0.2, 0.25) is 0 Å². The molecule has 2 heterocycles. The van der Waals surface area contributed by atoms with E-state index in [9.17, 15) is 18.0 Å². The second-order valence-electron chi connectivity index (χ2n) is 7.11. The lowest BCUT2D eigenvalue weighted by Gasteiger charge is -2.14. The summed E-state index contributed by atoms with van der Waals surface area (Å²) in [5, 5.41) is 6.32. The zero-order chi connectivity index (χ0) is 19.4. The molecule has 1 atom stereocenters. The highest BCUT2D eigenvalue weighted by Gasteiger charge is 2.34. The minimum atomic E-state index is -3.13. The van der Waals surface area contributed by atoms with Crippen molar-refractivity contribution in [2.75, 3.05) is 37.1 Å². The number of hydrogen-bond donors (Lipinski definition) is 2. The summed E-state index contributed by atoms with van der Waals surface area (Å²) >= 11 is 1.45. The van der Waals surface area contributed by atoms with Gasteiger partial charge < -0.3 is 15.4 Å². The number of hydrogen-bond acceptors (Lipinski definition) is 6. The Balaban J connectivity index is 1.76. The van der Waals surface area contributed by atoms with E-state index in [4.69, 9.17) is 4.74 Å². The summed E-state index contributed by atoms with van der Waals surface area (Å²) < 4.78 is 28.3. The summed E-state index contributed by atoms with van der Waals surface area (Å²) in [6, 6.07) is 0. The number of sulfone groups is 1. The molecule has 2 aliphatic rings. The quantitative estimate of drug-likeness (QED) is 0.662. The molecule has 0 bridgehead atoms. The van der Waals surface area contributed by atoms with E-state index in [2.05, 4.69) is 10.6 Å². The van der Waals surface area contributed by atoms with Crippen molar-refractivity contribution >= 4 is 38.0 Å². The number of aryl methyl sites for hydroxylation is 1. The van der Waals surface area contributed by atoms with Gasteiger partial charge in [-0.25, -0.2) is 8.42 Å². The maximum Gasteiger partial charge on any atom is 0.254 e. The van der Waals surface area contributed by atoms with Crippen LogP contribution in [0.3, 0.4) is 0 Å². The number of nitrogens with one attached hydrogen (secondary N) is 2. The summed E-state index contributed by atoms with van der Waals surface area (Å²) in [7, 11) is -1.51. The van der Waals surface area contributed by atoms with Crippen molar-refractivity contribution in [3.63, 3.8) is 0 Å². The highest BCUT2D eigenvalue weighted by molar-refractivity contribution is 7.91. The van der Waals surface area contributed by atoms with E-state index in [1.54, 1.807) is 7.11 Å². The van der Waals surface area contributed by atoms with Crippen LogP contribution >= 0.6 is 11.3 Å². The summed E-state index contributed by atoms with van der Waals surface area (Å²) in [6.07, 6.45) is 4.92. The van der Waals surface area contributed by atoms with Crippen molar-refractivity contribution in [2.24, 2.45) is 5.92 Å². The van der Waals surface area contributed by atoms with Crippen LogP contribution in [0.4, 0.5) is 5.00 Å². The van der Waals surface area contributed by atoms with Gasteiger partial charge in [-0.3, -0.25) is 9.59 Å². The molecule has 1 unspecified atom stereocenters. The highest BCUT2D eigenvalue weighted by atomic mass is 32.2. The number of carbonyl (C=O) groups excluding carboxylic acids is 2. The van der Waals surface area contributed by atoms with Crippen LogP contribution in [0, 0.1) is 5.92 Å². The molecule has 1 saturated heterocycles. The fraction of sp³-hybridized carbons (Fsp3) is 0.667. The Labute approximate surface area is 163 Å². The van der Waals surface area contributed by atoms with Crippen LogP contribution in [-0.4, -0.2) is 52.0 Å². The van der Waals surface area contributed by atoms with Gasteiger partial charge in [-0.1, -0.05) is 0 Å². The number of thiophene rings is 1. The standard InChI is InChI=1S/C18H26N2O5S2/c1-25-9-4-8-19-17(22)15-13-5-2-3-6-14(13)26-18(15)20-16(21)12-7-10-27(23,24)11-12/h12H,2-11H2,1H3,(H,19,22)(H,20,21). The smallest absolute Gasteiger partial charge is 0.254 e. The average molecular weight is 415 g/mol. The first-order chi connectivity index (χ1) is 12.9. The van der Waals surface area contributed by atoms with E-state index in [0.717, 1.165) is 42.5 Å². The summed E-state index contributed by atoms with van der Waals surface area (Å²) in [4.78, 5) is 26.5. The Kier molecular flexibility index (Phi) is 6.54. The van der Waals surface area contributed by atoms with E-state index in [0.29, 0.717) is 30.1 Å². The monoisotopic (exact) mass is 414 g/mol. The molecule has 2 amide bonds. The molecule has 7 nitrogen and oxygen atoms in total. The molecule has 3 rings (SSSR count). The molecular weight excluding hydrogens is 388 g/mol. The molecule has 1 aliphatic heterocycles. The third kappa shape index (κ3) is 4.89. The average Bonchev–Trinajstić information content (AvgIpc) is 3.18. The van der Waals surface area contributed by atoms with Gasteiger partial charge in [-0.2, -0.15) is 0 Å². The van der Waals surface area contributed by atoms with Gasteiger partial charge in [0.1, 0.15) is 5.00 Å². The van der Waals surface area contributed by atoms with Crippen LogP contribution in [0.25, 0.3) is 0 Å². The van der Waals surface area contributed by atoms with Crippen LogP contribution in [0.1, 0.15) is 46.5 Å². The first-order valence-electron chi connectivity index (χ1n) is 9.34. The van der Waals surface area contributed by atoms with Crippen molar-refractivity contribution in [1.29, 1.82) is 0 Å². The highest BCUT2D eigenvalue weighted by Crippen LogP contribution is 2.38. The van der Waals surface area contributed by atoms with Crippen LogP contribution in [-0.2, 0) is 32.2 Å². The van der Waals surface area contributed by atoms with Gasteiger partial charge in [0.25, 0.3) is 5.91 Å². The Morgan fingerprint density at radius 1 is 1.26 bits per heavy atom. The summed E-state index contributed by atoms with van der Waals surface area (Å²) in [5.41, 5.74) is 1.59. The Bertz CT molecular complexity index is 816. The number of ether oxygens (including phenoxy) is 1. The maximum atomic E-state index is 12.8. The van der Waals surface area contributed by atoms with Gasteiger partial charge in [-0.15, -0.1) is 11.3 Å². The number of methoxy groups -OCH3 is 1. The number of fused-ring (bicyclic) bond motifs is 1. The van der Waals surface area contributed by atoms with Crippen molar-refractivity contribution in [3.05, 3.63) is 16.0 Å². The predicted octanol–water partition coefficient (Wildman–Crippen LogP) is 1.77. The first-order valence-corrected chi connectivity index (χ1v) is 12.0. The van der Waals surface area contributed by atoms with Gasteiger partial charge in [0, 0.05) is 25.1 Å². The van der Waals surface area contributed by atoms with Crippen molar-refractivity contribution in [1.82, 2.24) is 5.32 Å². The second kappa shape index (κ2) is 8.70. The lowest BCUT2D eigenvalue weighted by molar-refractivity contribution is -0.119. The number of rotatable bonds is 7. The van der Waals surface area contributed by atoms with E-state index in [1.807, 2.05) is 0 Å². The van der Waals surface area contributed by atoms with E-state index in [-0.39, 0.29) is 23.3 Å². The molecule has 0 radical (unpaired) electrons. The molecule has 0 saturated carbocycles. The van der Waals surface area contributed by atoms with Crippen LogP contribution in [0.5, 0.6) is 0 Å². The second-order valence-corrected chi connectivity index (χ2v) is 10.4. The fourth-order valence-electron chi connectivity index (χ4n) is 3.62. The molecule has 9 heteroatoms. The SMILES string of the molecule is COCCCNC(=O)c1c(NC(=O)C2CCS(=O)(=O)C2)sc2c1CCCC2. The Morgan fingerprint density at radius 2 is 2.04 bits per heavy atom. The van der Waals surface area contributed by atoms with Gasteiger partial charge in [0.2, 0.25) is 5.91 Å². The minimum Gasteiger partial charge on any atom is -0.385 e. The van der Waals surface area contributed by atoms with Gasteiger partial charge >= 0.3 is 0 Å². The maximum absolute atomic E-state index is 12.8. The Hall–Kier alpha value is -1.45. The molecule has 1 aromatic heterocycles. The topological polar surface area (TPSA) is 102 Å². The third-order valence-electron chi connectivity index (χ3n) is 5.05. The molecule has 1 aliphatic carbocycles. The fourth-order valence-corrected chi connectivity index (χ4v) is 6.65. The van der Waals surface area contributed by atoms with Crippen molar-refractivity contribution < 1.29 is 22.7 Å². The van der Waals surface area contributed by atoms with Crippen molar-refractivity contribution in [2.45, 2.75) is 38.5 Å². The van der Waals surface area contributed by atoms with Crippen molar-refractivity contribution in [3.8, 4) is 0 Å². The lowest BCUT2D eigenvalue weighted by Crippen LogP contribution is -2.28. The van der Waals surface area contributed by atoms with Gasteiger partial charge in [-0.05, 0) is 44.1 Å². The normalized spacial score (nSPS) is 20.9. The van der Waals surface area contributed by atoms with Gasteiger partial charge in [0.05, 0.1) is 23.0 Å². The number of anilines is 1. The zero-order valence-electron chi connectivity index (χ0n) is 15.5. The van der Waals surface area contributed by atoms with Gasteiger partial charge in [0.15, 0.2) is 9.84 Å². The first kappa shape index (κ1) is 20.3. The summed E-state index contributed by atoms with van der Waals surface area (Å²) in [6.45, 7) is 1.08. The van der Waals surface area contributed by atoms with Crippen LogP contribution in [0.15, 0.2) is 0 Å². The number of amides is 2. The van der Waals surface area contributed by atoms with E-state index >= 15 is 0 Å².